The number of carbonyl (C=O) groups excluding carboxylic acids is 1. The van der Waals surface area contributed by atoms with Crippen LogP contribution in [0.3, 0.4) is 0 Å². The molecule has 1 heterocycles. The summed E-state index contributed by atoms with van der Waals surface area (Å²) in [7, 11) is -3.54. The molecule has 1 aliphatic rings. The first-order valence-corrected chi connectivity index (χ1v) is 9.36. The first-order chi connectivity index (χ1) is 10.7. The summed E-state index contributed by atoms with van der Waals surface area (Å²) >= 11 is 0. The van der Waals surface area contributed by atoms with Crippen molar-refractivity contribution in [2.75, 3.05) is 13.1 Å². The van der Waals surface area contributed by atoms with E-state index in [-0.39, 0.29) is 35.3 Å². The average Bonchev–Trinajstić information content (AvgIpc) is 2.86. The maximum absolute atomic E-state index is 12.6. The van der Waals surface area contributed by atoms with Gasteiger partial charge in [-0.15, -0.1) is 12.4 Å². The highest BCUT2D eigenvalue weighted by atomic mass is 35.5. The Balaban J connectivity index is 0.00000288. The number of nitrogens with zero attached hydrogens (tertiary/aromatic N) is 1. The number of nitrogens with one attached hydrogen (secondary N) is 1. The van der Waals surface area contributed by atoms with Crippen LogP contribution in [0.2, 0.25) is 0 Å². The Bertz CT molecular complexity index is 662. The standard InChI is InChI=1S/C16H25N3O3S.ClH/c1-11(2)18-23(21,22)15-6-4-14(5-7-15)16(20)19-10-13(9-17)8-12(19)3;/h4-7,11-13,18H,8-10,17H2,1-3H3;1H. The van der Waals surface area contributed by atoms with Gasteiger partial charge in [-0.1, -0.05) is 0 Å². The lowest BCUT2D eigenvalue weighted by Crippen LogP contribution is -2.34. The van der Waals surface area contributed by atoms with Gasteiger partial charge in [0.15, 0.2) is 0 Å². The van der Waals surface area contributed by atoms with Crippen molar-refractivity contribution in [3.63, 3.8) is 0 Å². The number of benzene rings is 1. The smallest absolute Gasteiger partial charge is 0.254 e. The van der Waals surface area contributed by atoms with Crippen LogP contribution in [0.5, 0.6) is 0 Å². The number of nitrogens with two attached hydrogens (primary N) is 1. The molecule has 0 bridgehead atoms. The van der Waals surface area contributed by atoms with Crippen molar-refractivity contribution in [3.8, 4) is 0 Å². The highest BCUT2D eigenvalue weighted by Gasteiger charge is 2.32. The number of halogens is 1. The number of hydrogen-bond donors (Lipinski definition) is 2. The van der Waals surface area contributed by atoms with Crippen LogP contribution in [0.4, 0.5) is 0 Å². The zero-order valence-electron chi connectivity index (χ0n) is 14.2. The third-order valence-corrected chi connectivity index (χ3v) is 5.73. The van der Waals surface area contributed by atoms with E-state index in [1.807, 2.05) is 11.8 Å². The SMILES string of the molecule is CC(C)NS(=O)(=O)c1ccc(C(=O)N2CC(CN)CC2C)cc1.Cl. The van der Waals surface area contributed by atoms with E-state index < -0.39 is 10.0 Å². The molecule has 1 amide bonds. The summed E-state index contributed by atoms with van der Waals surface area (Å²) in [6, 6.07) is 6.06. The Labute approximate surface area is 150 Å². The molecular formula is C16H26ClN3O3S. The van der Waals surface area contributed by atoms with Crippen molar-refractivity contribution in [1.29, 1.82) is 0 Å². The highest BCUT2D eigenvalue weighted by molar-refractivity contribution is 7.89. The second kappa shape index (κ2) is 8.29. The molecule has 0 aromatic heterocycles. The lowest BCUT2D eigenvalue weighted by molar-refractivity contribution is 0.0743. The van der Waals surface area contributed by atoms with Gasteiger partial charge in [0.25, 0.3) is 5.91 Å². The molecule has 2 rings (SSSR count). The Morgan fingerprint density at radius 2 is 1.92 bits per heavy atom. The van der Waals surface area contributed by atoms with Gasteiger partial charge in [0.2, 0.25) is 10.0 Å². The van der Waals surface area contributed by atoms with Gasteiger partial charge in [-0.2, -0.15) is 0 Å². The van der Waals surface area contributed by atoms with E-state index in [0.29, 0.717) is 24.6 Å². The van der Waals surface area contributed by atoms with Crippen molar-refractivity contribution in [2.24, 2.45) is 11.7 Å². The zero-order valence-corrected chi connectivity index (χ0v) is 15.9. The number of sulfonamides is 1. The third kappa shape index (κ3) is 4.69. The Morgan fingerprint density at radius 1 is 1.33 bits per heavy atom. The van der Waals surface area contributed by atoms with E-state index >= 15 is 0 Å². The van der Waals surface area contributed by atoms with Crippen molar-refractivity contribution in [3.05, 3.63) is 29.8 Å². The van der Waals surface area contributed by atoms with Gasteiger partial charge >= 0.3 is 0 Å². The number of amides is 1. The number of likely N-dealkylation sites (tertiary alicyclic amines) is 1. The largest absolute Gasteiger partial charge is 0.336 e. The van der Waals surface area contributed by atoms with Crippen LogP contribution in [-0.4, -0.2) is 44.4 Å². The topological polar surface area (TPSA) is 92.5 Å². The lowest BCUT2D eigenvalue weighted by atomic mass is 10.1. The van der Waals surface area contributed by atoms with Crippen LogP contribution in [-0.2, 0) is 10.0 Å². The molecule has 2 unspecified atom stereocenters. The van der Waals surface area contributed by atoms with E-state index in [1.165, 1.54) is 12.1 Å². The van der Waals surface area contributed by atoms with E-state index in [2.05, 4.69) is 4.72 Å². The molecular weight excluding hydrogens is 350 g/mol. The molecule has 0 spiro atoms. The van der Waals surface area contributed by atoms with E-state index in [9.17, 15) is 13.2 Å². The van der Waals surface area contributed by atoms with Gasteiger partial charge < -0.3 is 10.6 Å². The Hall–Kier alpha value is -1.15. The van der Waals surface area contributed by atoms with Gasteiger partial charge in [-0.05, 0) is 63.9 Å². The molecule has 0 radical (unpaired) electrons. The van der Waals surface area contributed by atoms with Crippen molar-refractivity contribution in [2.45, 2.75) is 44.2 Å². The predicted octanol–water partition coefficient (Wildman–Crippen LogP) is 1.60. The molecule has 1 aromatic rings. The summed E-state index contributed by atoms with van der Waals surface area (Å²) in [6.07, 6.45) is 0.910. The predicted molar refractivity (Wildman–Crippen MR) is 96.8 cm³/mol. The van der Waals surface area contributed by atoms with Crippen molar-refractivity contribution >= 4 is 28.3 Å². The molecule has 0 aliphatic carbocycles. The number of carbonyl (C=O) groups is 1. The molecule has 6 nitrogen and oxygen atoms in total. The minimum atomic E-state index is -3.54. The maximum atomic E-state index is 12.6. The summed E-state index contributed by atoms with van der Waals surface area (Å²) in [5, 5.41) is 0. The molecule has 3 N–H and O–H groups in total. The van der Waals surface area contributed by atoms with Gasteiger partial charge in [0.1, 0.15) is 0 Å². The third-order valence-electron chi connectivity index (χ3n) is 4.06. The highest BCUT2D eigenvalue weighted by Crippen LogP contribution is 2.24. The lowest BCUT2D eigenvalue weighted by Gasteiger charge is -2.21. The fourth-order valence-corrected chi connectivity index (χ4v) is 4.17. The fourth-order valence-electron chi connectivity index (χ4n) is 2.92. The summed E-state index contributed by atoms with van der Waals surface area (Å²) in [4.78, 5) is 14.6. The second-order valence-corrected chi connectivity index (χ2v) is 8.16. The minimum Gasteiger partial charge on any atom is -0.336 e. The maximum Gasteiger partial charge on any atom is 0.254 e. The van der Waals surface area contributed by atoms with Gasteiger partial charge in [0.05, 0.1) is 4.90 Å². The van der Waals surface area contributed by atoms with Crippen LogP contribution in [0.15, 0.2) is 29.2 Å². The van der Waals surface area contributed by atoms with Crippen molar-refractivity contribution < 1.29 is 13.2 Å². The molecule has 1 aliphatic heterocycles. The first-order valence-electron chi connectivity index (χ1n) is 7.88. The Morgan fingerprint density at radius 3 is 2.38 bits per heavy atom. The molecule has 24 heavy (non-hydrogen) atoms. The van der Waals surface area contributed by atoms with E-state index in [4.69, 9.17) is 5.73 Å². The van der Waals surface area contributed by atoms with Gasteiger partial charge in [0, 0.05) is 24.2 Å². The molecule has 136 valence electrons. The molecule has 8 heteroatoms. The number of hydrogen-bond acceptors (Lipinski definition) is 4. The van der Waals surface area contributed by atoms with Gasteiger partial charge in [-0.25, -0.2) is 13.1 Å². The minimum absolute atomic E-state index is 0. The van der Waals surface area contributed by atoms with E-state index in [0.717, 1.165) is 6.42 Å². The van der Waals surface area contributed by atoms with Crippen LogP contribution in [0, 0.1) is 5.92 Å². The molecule has 1 saturated heterocycles. The summed E-state index contributed by atoms with van der Waals surface area (Å²) in [6.45, 7) is 6.77. The van der Waals surface area contributed by atoms with Crippen LogP contribution >= 0.6 is 12.4 Å². The molecule has 0 saturated carbocycles. The van der Waals surface area contributed by atoms with Crippen LogP contribution in [0.25, 0.3) is 0 Å². The summed E-state index contributed by atoms with van der Waals surface area (Å²) in [5.41, 5.74) is 6.19. The van der Waals surface area contributed by atoms with Crippen LogP contribution < -0.4 is 10.5 Å². The van der Waals surface area contributed by atoms with Crippen LogP contribution in [0.1, 0.15) is 37.6 Å². The quantitative estimate of drug-likeness (QED) is 0.817. The fraction of sp³-hybridized carbons (Fsp3) is 0.562. The number of rotatable bonds is 5. The normalized spacial score (nSPS) is 21.0. The van der Waals surface area contributed by atoms with E-state index in [1.54, 1.807) is 26.0 Å². The van der Waals surface area contributed by atoms with Gasteiger partial charge in [-0.3, -0.25) is 4.79 Å². The first kappa shape index (κ1) is 20.9. The monoisotopic (exact) mass is 375 g/mol. The molecule has 2 atom stereocenters. The molecule has 1 aromatic carbocycles. The average molecular weight is 376 g/mol. The summed E-state index contributed by atoms with van der Waals surface area (Å²) in [5.74, 6) is 0.262. The second-order valence-electron chi connectivity index (χ2n) is 6.44. The summed E-state index contributed by atoms with van der Waals surface area (Å²) < 4.78 is 26.7. The van der Waals surface area contributed by atoms with Crippen molar-refractivity contribution in [1.82, 2.24) is 9.62 Å². The zero-order chi connectivity index (χ0) is 17.2. The Kier molecular flexibility index (Phi) is 7.22. The molecule has 1 fully saturated rings.